The molecule has 1 aliphatic rings. The molecule has 9 nitrogen and oxygen atoms in total. The van der Waals surface area contributed by atoms with Gasteiger partial charge in [-0.05, 0) is 31.0 Å². The fourth-order valence-electron chi connectivity index (χ4n) is 3.30. The zero-order chi connectivity index (χ0) is 23.8. The standard InChI is InChI=1S/C21H21FN4O5S2/c1-31-20-12(4-3-7-23-20)13-8-16-15(9-14(13)22)26-21(32-16)18(33(2,29)30)19(28)24-10-17(27)25-11-5-6-11/h3-4,7-9,11,18H,5-6,10H2,1-2H3,(H,24,28)(H,25,27). The number of thiazole rings is 1. The Kier molecular flexibility index (Phi) is 6.30. The summed E-state index contributed by atoms with van der Waals surface area (Å²) in [7, 11) is -2.50. The Morgan fingerprint density at radius 2 is 2.06 bits per heavy atom. The van der Waals surface area contributed by atoms with Crippen LogP contribution in [0.25, 0.3) is 21.3 Å². The molecule has 12 heteroatoms. The number of sulfone groups is 1. The molecule has 0 spiro atoms. The second-order valence-corrected chi connectivity index (χ2v) is 10.9. The molecule has 1 aliphatic carbocycles. The Morgan fingerprint density at radius 1 is 1.30 bits per heavy atom. The maximum absolute atomic E-state index is 14.9. The van der Waals surface area contributed by atoms with Crippen molar-refractivity contribution in [1.29, 1.82) is 0 Å². The predicted octanol–water partition coefficient (Wildman–Crippen LogP) is 1.99. The number of fused-ring (bicyclic) bond motifs is 1. The SMILES string of the molecule is COc1ncccc1-c1cc2sc(C(C(=O)NCC(=O)NC3CC3)S(C)(=O)=O)nc2cc1F. The highest BCUT2D eigenvalue weighted by Gasteiger charge is 2.34. The van der Waals surface area contributed by atoms with Crippen molar-refractivity contribution in [2.75, 3.05) is 19.9 Å². The van der Waals surface area contributed by atoms with Gasteiger partial charge in [0.25, 0.3) is 0 Å². The maximum atomic E-state index is 14.9. The zero-order valence-corrected chi connectivity index (χ0v) is 19.4. The average molecular weight is 493 g/mol. The summed E-state index contributed by atoms with van der Waals surface area (Å²) in [5, 5.41) is 3.44. The molecule has 0 saturated heterocycles. The number of pyridine rings is 1. The average Bonchev–Trinajstić information content (AvgIpc) is 3.48. The number of halogens is 1. The number of carbonyl (C=O) groups is 2. The number of methoxy groups -OCH3 is 1. The molecule has 1 atom stereocenters. The van der Waals surface area contributed by atoms with Gasteiger partial charge in [-0.15, -0.1) is 11.3 Å². The molecule has 3 aromatic rings. The van der Waals surface area contributed by atoms with E-state index in [2.05, 4.69) is 20.6 Å². The van der Waals surface area contributed by atoms with Crippen LogP contribution in [0.4, 0.5) is 4.39 Å². The molecule has 2 aromatic heterocycles. The van der Waals surface area contributed by atoms with Crippen molar-refractivity contribution in [2.24, 2.45) is 0 Å². The van der Waals surface area contributed by atoms with Crippen LogP contribution >= 0.6 is 11.3 Å². The van der Waals surface area contributed by atoms with Crippen molar-refractivity contribution in [2.45, 2.75) is 24.1 Å². The molecule has 33 heavy (non-hydrogen) atoms. The summed E-state index contributed by atoms with van der Waals surface area (Å²) in [6.07, 6.45) is 4.21. The number of carbonyl (C=O) groups excluding carboxylic acids is 2. The Balaban J connectivity index is 1.66. The van der Waals surface area contributed by atoms with Crippen molar-refractivity contribution in [3.63, 3.8) is 0 Å². The second kappa shape index (κ2) is 9.02. The van der Waals surface area contributed by atoms with Crippen LogP contribution in [0.2, 0.25) is 0 Å². The van der Waals surface area contributed by atoms with Gasteiger partial charge in [0, 0.05) is 35.7 Å². The Hall–Kier alpha value is -3.12. The lowest BCUT2D eigenvalue weighted by molar-refractivity contribution is -0.126. The number of rotatable bonds is 8. The highest BCUT2D eigenvalue weighted by Crippen LogP contribution is 2.37. The molecule has 1 aromatic carbocycles. The van der Waals surface area contributed by atoms with E-state index < -0.39 is 26.8 Å². The predicted molar refractivity (Wildman–Crippen MR) is 121 cm³/mol. The summed E-state index contributed by atoms with van der Waals surface area (Å²) in [6.45, 7) is -0.341. The molecule has 0 aliphatic heterocycles. The van der Waals surface area contributed by atoms with Crippen LogP contribution in [0.15, 0.2) is 30.5 Å². The molecule has 2 heterocycles. The molecule has 1 saturated carbocycles. The topological polar surface area (TPSA) is 127 Å². The van der Waals surface area contributed by atoms with E-state index in [9.17, 15) is 22.4 Å². The molecule has 1 fully saturated rings. The monoisotopic (exact) mass is 492 g/mol. The first-order valence-corrected chi connectivity index (χ1v) is 12.8. The Labute approximate surface area is 193 Å². The number of nitrogens with zero attached hydrogens (tertiary/aromatic N) is 2. The van der Waals surface area contributed by atoms with Crippen LogP contribution < -0.4 is 15.4 Å². The van der Waals surface area contributed by atoms with Gasteiger partial charge in [0.15, 0.2) is 15.1 Å². The van der Waals surface area contributed by atoms with Gasteiger partial charge in [0.2, 0.25) is 17.7 Å². The zero-order valence-electron chi connectivity index (χ0n) is 17.8. The van der Waals surface area contributed by atoms with Crippen molar-refractivity contribution in [3.8, 4) is 17.0 Å². The largest absolute Gasteiger partial charge is 0.481 e. The van der Waals surface area contributed by atoms with Gasteiger partial charge >= 0.3 is 0 Å². The summed E-state index contributed by atoms with van der Waals surface area (Å²) in [4.78, 5) is 32.9. The van der Waals surface area contributed by atoms with Crippen molar-refractivity contribution in [3.05, 3.63) is 41.3 Å². The first-order valence-electron chi connectivity index (χ1n) is 10.0. The molecular weight excluding hydrogens is 471 g/mol. The highest BCUT2D eigenvalue weighted by molar-refractivity contribution is 7.91. The minimum atomic E-state index is -3.93. The van der Waals surface area contributed by atoms with Gasteiger partial charge in [-0.2, -0.15) is 0 Å². The van der Waals surface area contributed by atoms with Crippen LogP contribution in [0.1, 0.15) is 23.1 Å². The fraction of sp³-hybridized carbons (Fsp3) is 0.333. The van der Waals surface area contributed by atoms with Crippen molar-refractivity contribution < 1.29 is 27.1 Å². The lowest BCUT2D eigenvalue weighted by Crippen LogP contribution is -2.41. The number of ether oxygens (including phenoxy) is 1. The van der Waals surface area contributed by atoms with Gasteiger partial charge in [0.1, 0.15) is 10.8 Å². The van der Waals surface area contributed by atoms with Crippen molar-refractivity contribution in [1.82, 2.24) is 20.6 Å². The lowest BCUT2D eigenvalue weighted by atomic mass is 10.1. The lowest BCUT2D eigenvalue weighted by Gasteiger charge is -2.12. The van der Waals surface area contributed by atoms with E-state index in [1.54, 1.807) is 12.1 Å². The van der Waals surface area contributed by atoms with Gasteiger partial charge in [-0.3, -0.25) is 9.59 Å². The molecular formula is C21H21FN4O5S2. The van der Waals surface area contributed by atoms with Crippen LogP contribution in [0.5, 0.6) is 5.88 Å². The second-order valence-electron chi connectivity index (χ2n) is 7.68. The number of hydrogen-bond acceptors (Lipinski definition) is 8. The minimum absolute atomic E-state index is 0.0118. The van der Waals surface area contributed by atoms with Crippen LogP contribution in [-0.2, 0) is 19.4 Å². The number of aromatic nitrogens is 2. The van der Waals surface area contributed by atoms with E-state index in [0.717, 1.165) is 30.4 Å². The third-order valence-electron chi connectivity index (χ3n) is 5.00. The van der Waals surface area contributed by atoms with E-state index in [1.165, 1.54) is 25.4 Å². The molecule has 4 rings (SSSR count). The summed E-state index contributed by atoms with van der Waals surface area (Å²) in [5.41, 5.74) is 0.847. The first kappa shape index (κ1) is 23.1. The smallest absolute Gasteiger partial charge is 0.245 e. The van der Waals surface area contributed by atoms with Gasteiger partial charge < -0.3 is 15.4 Å². The number of amides is 2. The van der Waals surface area contributed by atoms with E-state index >= 15 is 0 Å². The van der Waals surface area contributed by atoms with Crippen molar-refractivity contribution >= 4 is 43.2 Å². The fourth-order valence-corrected chi connectivity index (χ4v) is 5.83. The third-order valence-corrected chi connectivity index (χ3v) is 7.53. The van der Waals surface area contributed by atoms with Gasteiger partial charge in [0.05, 0.1) is 23.9 Å². The quantitative estimate of drug-likeness (QED) is 0.492. The molecule has 2 amide bonds. The normalized spacial score (nSPS) is 14.6. The Bertz CT molecular complexity index is 1340. The third kappa shape index (κ3) is 5.11. The molecule has 2 N–H and O–H groups in total. The van der Waals surface area contributed by atoms with E-state index in [0.29, 0.717) is 10.3 Å². The minimum Gasteiger partial charge on any atom is -0.481 e. The highest BCUT2D eigenvalue weighted by atomic mass is 32.2. The van der Waals surface area contributed by atoms with Crippen LogP contribution in [-0.4, -0.2) is 56.2 Å². The van der Waals surface area contributed by atoms with Crippen LogP contribution in [0, 0.1) is 5.82 Å². The summed E-state index contributed by atoms with van der Waals surface area (Å²) >= 11 is 0.967. The summed E-state index contributed by atoms with van der Waals surface area (Å²) in [5.74, 6) is -1.61. The van der Waals surface area contributed by atoms with E-state index in [1.807, 2.05) is 0 Å². The van der Waals surface area contributed by atoms with Crippen LogP contribution in [0.3, 0.4) is 0 Å². The van der Waals surface area contributed by atoms with E-state index in [-0.39, 0.29) is 40.5 Å². The van der Waals surface area contributed by atoms with Gasteiger partial charge in [-0.1, -0.05) is 0 Å². The number of hydrogen-bond donors (Lipinski definition) is 2. The number of benzene rings is 1. The molecule has 1 unspecified atom stereocenters. The molecule has 174 valence electrons. The summed E-state index contributed by atoms with van der Waals surface area (Å²) in [6, 6.07) is 6.11. The van der Waals surface area contributed by atoms with Gasteiger partial charge in [-0.25, -0.2) is 22.8 Å². The molecule has 0 radical (unpaired) electrons. The number of nitrogens with one attached hydrogen (secondary N) is 2. The van der Waals surface area contributed by atoms with E-state index in [4.69, 9.17) is 4.74 Å². The Morgan fingerprint density at radius 3 is 2.73 bits per heavy atom. The summed E-state index contributed by atoms with van der Waals surface area (Å²) < 4.78 is 45.4. The maximum Gasteiger partial charge on any atom is 0.245 e. The first-order chi connectivity index (χ1) is 15.7. The molecule has 0 bridgehead atoms.